The molecule has 24 heavy (non-hydrogen) atoms. The molecule has 2 aromatic rings. The molecule has 1 heterocycles. The Morgan fingerprint density at radius 2 is 1.79 bits per heavy atom. The van der Waals surface area contributed by atoms with Crippen LogP contribution in [0, 0.1) is 10.1 Å². The molecule has 1 aliphatic heterocycles. The van der Waals surface area contributed by atoms with Crippen LogP contribution in [0.1, 0.15) is 0 Å². The van der Waals surface area contributed by atoms with Gasteiger partial charge in [-0.15, -0.1) is 0 Å². The average Bonchev–Trinajstić information content (AvgIpc) is 2.54. The number of fused-ring (bicyclic) bond motifs is 1. The molecule has 1 N–H and O–H groups in total. The van der Waals surface area contributed by atoms with Gasteiger partial charge in [0.2, 0.25) is 0 Å². The van der Waals surface area contributed by atoms with E-state index < -0.39 is 25.5 Å². The third-order valence-corrected chi connectivity index (χ3v) is 4.87. The highest BCUT2D eigenvalue weighted by atomic mass is 35.5. The maximum Gasteiger partial charge on any atom is 0.291 e. The lowest BCUT2D eigenvalue weighted by Gasteiger charge is -2.19. The Morgan fingerprint density at radius 3 is 2.50 bits per heavy atom. The van der Waals surface area contributed by atoms with Crippen molar-refractivity contribution in [2.75, 3.05) is 17.9 Å². The molecule has 0 saturated heterocycles. The molecular formula is C14H11ClN2O6S. The van der Waals surface area contributed by atoms with E-state index in [2.05, 4.69) is 4.72 Å². The van der Waals surface area contributed by atoms with E-state index in [9.17, 15) is 18.5 Å². The van der Waals surface area contributed by atoms with Crippen LogP contribution in [-0.2, 0) is 10.0 Å². The van der Waals surface area contributed by atoms with Gasteiger partial charge in [-0.3, -0.25) is 14.8 Å². The van der Waals surface area contributed by atoms with Crippen molar-refractivity contribution in [2.24, 2.45) is 0 Å². The molecular weight excluding hydrogens is 360 g/mol. The van der Waals surface area contributed by atoms with E-state index in [1.54, 1.807) is 6.07 Å². The number of halogens is 1. The molecule has 0 aromatic heterocycles. The van der Waals surface area contributed by atoms with Crippen molar-refractivity contribution in [2.45, 2.75) is 4.90 Å². The minimum atomic E-state index is -4.18. The second-order valence-corrected chi connectivity index (χ2v) is 6.92. The lowest BCUT2D eigenvalue weighted by atomic mass is 10.3. The molecule has 8 nitrogen and oxygen atoms in total. The molecule has 0 fully saturated rings. The molecule has 2 aromatic carbocycles. The Bertz CT molecular complexity index is 915. The number of benzene rings is 2. The second kappa shape index (κ2) is 6.17. The van der Waals surface area contributed by atoms with E-state index in [0.29, 0.717) is 24.7 Å². The van der Waals surface area contributed by atoms with E-state index in [4.69, 9.17) is 21.1 Å². The Balaban J connectivity index is 1.96. The van der Waals surface area contributed by atoms with E-state index >= 15 is 0 Å². The zero-order chi connectivity index (χ0) is 17.3. The molecule has 0 aliphatic carbocycles. The minimum Gasteiger partial charge on any atom is -0.486 e. The fraction of sp³-hybridized carbons (Fsp3) is 0.143. The summed E-state index contributed by atoms with van der Waals surface area (Å²) < 4.78 is 38.0. The summed E-state index contributed by atoms with van der Waals surface area (Å²) in [6, 6.07) is 7.83. The maximum atomic E-state index is 12.5. The predicted molar refractivity (Wildman–Crippen MR) is 86.3 cm³/mol. The third kappa shape index (κ3) is 3.22. The SMILES string of the molecule is O=[N+]([O-])c1cc(Cl)ccc1S(=O)(=O)Nc1ccc2c(c1)OCCO2. The fourth-order valence-corrected chi connectivity index (χ4v) is 3.55. The molecule has 0 saturated carbocycles. The first kappa shape index (κ1) is 16.3. The Hall–Kier alpha value is -2.52. The van der Waals surface area contributed by atoms with Gasteiger partial charge in [-0.05, 0) is 24.3 Å². The highest BCUT2D eigenvalue weighted by Crippen LogP contribution is 2.34. The number of hydrogen-bond donors (Lipinski definition) is 1. The van der Waals surface area contributed by atoms with Crippen molar-refractivity contribution in [1.29, 1.82) is 0 Å². The van der Waals surface area contributed by atoms with Crippen LogP contribution in [-0.4, -0.2) is 26.6 Å². The van der Waals surface area contributed by atoms with Crippen molar-refractivity contribution < 1.29 is 22.8 Å². The summed E-state index contributed by atoms with van der Waals surface area (Å²) in [4.78, 5) is 9.80. The summed E-state index contributed by atoms with van der Waals surface area (Å²) in [5.41, 5.74) is -0.406. The molecule has 0 bridgehead atoms. The average molecular weight is 371 g/mol. The van der Waals surface area contributed by atoms with E-state index in [0.717, 1.165) is 12.1 Å². The van der Waals surface area contributed by atoms with Gasteiger partial charge in [0.05, 0.1) is 10.6 Å². The van der Waals surface area contributed by atoms with Gasteiger partial charge in [0.25, 0.3) is 15.7 Å². The largest absolute Gasteiger partial charge is 0.486 e. The topological polar surface area (TPSA) is 108 Å². The van der Waals surface area contributed by atoms with E-state index in [1.165, 1.54) is 18.2 Å². The summed E-state index contributed by atoms with van der Waals surface area (Å²) in [6.45, 7) is 0.765. The lowest BCUT2D eigenvalue weighted by molar-refractivity contribution is -0.387. The Morgan fingerprint density at radius 1 is 1.08 bits per heavy atom. The molecule has 126 valence electrons. The van der Waals surface area contributed by atoms with Crippen LogP contribution in [0.2, 0.25) is 5.02 Å². The molecule has 3 rings (SSSR count). The number of nitro groups is 1. The molecule has 0 atom stereocenters. The second-order valence-electron chi connectivity index (χ2n) is 4.83. The van der Waals surface area contributed by atoms with Gasteiger partial charge in [0.1, 0.15) is 13.2 Å². The zero-order valence-corrected chi connectivity index (χ0v) is 13.6. The standard InChI is InChI=1S/C14H11ClN2O6S/c15-9-1-4-14(11(7-9)17(18)19)24(20,21)16-10-2-3-12-13(8-10)23-6-5-22-12/h1-4,7-8,16H,5-6H2. The van der Waals surface area contributed by atoms with Crippen LogP contribution < -0.4 is 14.2 Å². The highest BCUT2D eigenvalue weighted by Gasteiger charge is 2.26. The maximum absolute atomic E-state index is 12.5. The van der Waals surface area contributed by atoms with Crippen molar-refractivity contribution in [3.63, 3.8) is 0 Å². The molecule has 10 heteroatoms. The first-order chi connectivity index (χ1) is 11.4. The lowest BCUT2D eigenvalue weighted by Crippen LogP contribution is -2.17. The number of rotatable bonds is 4. The van der Waals surface area contributed by atoms with E-state index in [-0.39, 0.29) is 10.7 Å². The van der Waals surface area contributed by atoms with Gasteiger partial charge in [0, 0.05) is 17.2 Å². The number of anilines is 1. The monoisotopic (exact) mass is 370 g/mol. The highest BCUT2D eigenvalue weighted by molar-refractivity contribution is 7.92. The van der Waals surface area contributed by atoms with Crippen molar-refractivity contribution in [3.05, 3.63) is 51.5 Å². The number of nitrogens with one attached hydrogen (secondary N) is 1. The Kier molecular flexibility index (Phi) is 4.20. The van der Waals surface area contributed by atoms with Crippen LogP contribution in [0.5, 0.6) is 11.5 Å². The first-order valence-corrected chi connectivity index (χ1v) is 8.59. The quantitative estimate of drug-likeness (QED) is 0.655. The normalized spacial score (nSPS) is 13.4. The van der Waals surface area contributed by atoms with Gasteiger partial charge < -0.3 is 9.47 Å². The van der Waals surface area contributed by atoms with Gasteiger partial charge in [0.15, 0.2) is 16.4 Å². The molecule has 0 unspecified atom stereocenters. The molecule has 1 aliphatic rings. The number of nitro benzene ring substituents is 1. The summed E-state index contributed by atoms with van der Waals surface area (Å²) in [5.74, 6) is 0.897. The van der Waals surface area contributed by atoms with Crippen molar-refractivity contribution >= 4 is 33.0 Å². The van der Waals surface area contributed by atoms with Gasteiger partial charge in [-0.2, -0.15) is 0 Å². The van der Waals surface area contributed by atoms with E-state index in [1.807, 2.05) is 0 Å². The predicted octanol–water partition coefficient (Wildman–Crippen LogP) is 2.82. The molecule has 0 spiro atoms. The van der Waals surface area contributed by atoms with Crippen LogP contribution in [0.3, 0.4) is 0 Å². The fourth-order valence-electron chi connectivity index (χ4n) is 2.18. The summed E-state index contributed by atoms with van der Waals surface area (Å²) >= 11 is 5.70. The van der Waals surface area contributed by atoms with Crippen LogP contribution in [0.25, 0.3) is 0 Å². The molecule has 0 radical (unpaired) electrons. The first-order valence-electron chi connectivity index (χ1n) is 6.73. The summed E-state index contributed by atoms with van der Waals surface area (Å²) in [7, 11) is -4.18. The van der Waals surface area contributed by atoms with Gasteiger partial charge in [-0.1, -0.05) is 11.6 Å². The van der Waals surface area contributed by atoms with Crippen LogP contribution in [0.15, 0.2) is 41.3 Å². The summed E-state index contributed by atoms with van der Waals surface area (Å²) in [5, 5.41) is 11.2. The van der Waals surface area contributed by atoms with Crippen LogP contribution >= 0.6 is 11.6 Å². The number of ether oxygens (including phenoxy) is 2. The number of sulfonamides is 1. The van der Waals surface area contributed by atoms with Crippen molar-refractivity contribution in [3.8, 4) is 11.5 Å². The summed E-state index contributed by atoms with van der Waals surface area (Å²) in [6.07, 6.45) is 0. The number of hydrogen-bond acceptors (Lipinski definition) is 6. The van der Waals surface area contributed by atoms with Crippen molar-refractivity contribution in [1.82, 2.24) is 0 Å². The zero-order valence-electron chi connectivity index (χ0n) is 12.1. The Labute approximate surface area is 142 Å². The number of nitrogens with zero attached hydrogens (tertiary/aromatic N) is 1. The smallest absolute Gasteiger partial charge is 0.291 e. The van der Waals surface area contributed by atoms with Crippen LogP contribution in [0.4, 0.5) is 11.4 Å². The molecule has 0 amide bonds. The minimum absolute atomic E-state index is 0.0694. The van der Waals surface area contributed by atoms with Gasteiger partial charge in [-0.25, -0.2) is 8.42 Å². The third-order valence-electron chi connectivity index (χ3n) is 3.20. The van der Waals surface area contributed by atoms with Gasteiger partial charge >= 0.3 is 0 Å².